The summed E-state index contributed by atoms with van der Waals surface area (Å²) in [5.41, 5.74) is -0.813. The molecule has 0 aliphatic rings. The van der Waals surface area contributed by atoms with Crippen LogP contribution in [-0.4, -0.2) is 36.1 Å². The second-order valence-corrected chi connectivity index (χ2v) is 3.65. The molecule has 0 bridgehead atoms. The van der Waals surface area contributed by atoms with E-state index in [4.69, 9.17) is 0 Å². The molecular weight excluding hydrogens is 250 g/mol. The second kappa shape index (κ2) is 6.53. The Kier molecular flexibility index (Phi) is 5.33. The molecule has 1 heterocycles. The molecule has 1 aromatic heterocycles. The molecule has 0 aromatic carbocycles. The number of halogens is 4. The van der Waals surface area contributed by atoms with Crippen LogP contribution in [0.25, 0.3) is 0 Å². The van der Waals surface area contributed by atoms with Gasteiger partial charge in [-0.2, -0.15) is 22.5 Å². The van der Waals surface area contributed by atoms with Crippen molar-refractivity contribution in [2.24, 2.45) is 0 Å². The zero-order valence-electron chi connectivity index (χ0n) is 10.2. The number of nitrogens with one attached hydrogen (secondary N) is 1. The molecule has 0 amide bonds. The lowest BCUT2D eigenvalue weighted by atomic mass is 10.3. The first kappa shape index (κ1) is 14.7. The predicted molar refractivity (Wildman–Crippen MR) is 60.3 cm³/mol. The van der Waals surface area contributed by atoms with Gasteiger partial charge in [-0.1, -0.05) is 13.8 Å². The molecule has 0 aliphatic heterocycles. The van der Waals surface area contributed by atoms with E-state index in [9.17, 15) is 17.6 Å². The van der Waals surface area contributed by atoms with Gasteiger partial charge < -0.3 is 10.2 Å². The summed E-state index contributed by atoms with van der Waals surface area (Å²) in [4.78, 5) is 4.47. The van der Waals surface area contributed by atoms with Crippen LogP contribution in [0.1, 0.15) is 13.8 Å². The molecule has 1 rings (SSSR count). The maximum Gasteiger partial charge on any atom is 0.253 e. The van der Waals surface area contributed by atoms with Gasteiger partial charge in [0.2, 0.25) is 11.6 Å². The van der Waals surface area contributed by atoms with Crippen LogP contribution < -0.4 is 5.32 Å². The van der Waals surface area contributed by atoms with Crippen molar-refractivity contribution in [3.05, 3.63) is 23.5 Å². The Morgan fingerprint density at radius 3 is 1.94 bits per heavy atom. The van der Waals surface area contributed by atoms with Crippen LogP contribution in [0.15, 0.2) is 0 Å². The fourth-order valence-electron chi connectivity index (χ4n) is 1.52. The molecule has 7 heteroatoms. The summed E-state index contributed by atoms with van der Waals surface area (Å²) in [5, 5.41) is 2.35. The molecule has 1 aromatic rings. The highest BCUT2D eigenvalue weighted by Crippen LogP contribution is 2.21. The zero-order chi connectivity index (χ0) is 13.7. The van der Waals surface area contributed by atoms with Gasteiger partial charge in [0.05, 0.1) is 0 Å². The van der Waals surface area contributed by atoms with Crippen LogP contribution in [-0.2, 0) is 0 Å². The fourth-order valence-corrected chi connectivity index (χ4v) is 1.52. The van der Waals surface area contributed by atoms with E-state index in [0.717, 1.165) is 13.1 Å². The summed E-state index contributed by atoms with van der Waals surface area (Å²) in [7, 11) is 0. The topological polar surface area (TPSA) is 28.2 Å². The smallest absolute Gasteiger partial charge is 0.253 e. The first-order valence-corrected chi connectivity index (χ1v) is 5.67. The van der Waals surface area contributed by atoms with Gasteiger partial charge in [0.15, 0.2) is 0 Å². The monoisotopic (exact) mass is 265 g/mol. The van der Waals surface area contributed by atoms with Gasteiger partial charge in [-0.25, -0.2) is 0 Å². The normalized spacial score (nSPS) is 11.1. The van der Waals surface area contributed by atoms with Crippen LogP contribution >= 0.6 is 0 Å². The molecule has 3 nitrogen and oxygen atoms in total. The van der Waals surface area contributed by atoms with E-state index in [0.29, 0.717) is 6.54 Å². The highest BCUT2D eigenvalue weighted by Gasteiger charge is 2.20. The molecular formula is C11H15F4N3. The molecule has 18 heavy (non-hydrogen) atoms. The standard InChI is InChI=1S/C11H15F4N3/c1-3-18(4-2)6-5-16-9-7(12)10(14)17-11(15)8(9)13/h3-6H2,1-2H3,(H,16,17). The molecule has 0 saturated heterocycles. The highest BCUT2D eigenvalue weighted by atomic mass is 19.2. The van der Waals surface area contributed by atoms with Gasteiger partial charge in [0.1, 0.15) is 5.69 Å². The predicted octanol–water partition coefficient (Wildman–Crippen LogP) is 2.39. The molecule has 102 valence electrons. The Morgan fingerprint density at radius 1 is 1.00 bits per heavy atom. The SMILES string of the molecule is CCN(CC)CCNc1c(F)c(F)nc(F)c1F. The first-order chi connectivity index (χ1) is 8.51. The lowest BCUT2D eigenvalue weighted by Crippen LogP contribution is -2.29. The molecule has 0 unspecified atom stereocenters. The van der Waals surface area contributed by atoms with E-state index in [1.807, 2.05) is 18.7 Å². The number of pyridine rings is 1. The summed E-state index contributed by atoms with van der Waals surface area (Å²) in [6.07, 6.45) is 0. The van der Waals surface area contributed by atoms with Crippen LogP contribution in [0.2, 0.25) is 0 Å². The van der Waals surface area contributed by atoms with E-state index in [2.05, 4.69) is 10.3 Å². The van der Waals surface area contributed by atoms with Crippen LogP contribution in [0.3, 0.4) is 0 Å². The maximum atomic E-state index is 13.2. The summed E-state index contributed by atoms with van der Waals surface area (Å²) >= 11 is 0. The minimum atomic E-state index is -1.65. The Bertz CT molecular complexity index is 382. The maximum absolute atomic E-state index is 13.2. The number of nitrogens with zero attached hydrogens (tertiary/aromatic N) is 2. The summed E-state index contributed by atoms with van der Waals surface area (Å²) in [6, 6.07) is 0. The van der Waals surface area contributed by atoms with Crippen molar-refractivity contribution < 1.29 is 17.6 Å². The second-order valence-electron chi connectivity index (χ2n) is 3.65. The van der Waals surface area contributed by atoms with E-state index >= 15 is 0 Å². The Hall–Kier alpha value is -1.37. The molecule has 1 N–H and O–H groups in total. The van der Waals surface area contributed by atoms with Gasteiger partial charge in [0.25, 0.3) is 11.9 Å². The van der Waals surface area contributed by atoms with Crippen LogP contribution in [0.4, 0.5) is 23.2 Å². The van der Waals surface area contributed by atoms with Gasteiger partial charge in [-0.3, -0.25) is 0 Å². The van der Waals surface area contributed by atoms with Crippen LogP contribution in [0.5, 0.6) is 0 Å². The van der Waals surface area contributed by atoms with Gasteiger partial charge in [0, 0.05) is 13.1 Å². The number of aromatic nitrogens is 1. The summed E-state index contributed by atoms with van der Waals surface area (Å²) in [6.45, 7) is 6.13. The van der Waals surface area contributed by atoms with Crippen molar-refractivity contribution in [1.82, 2.24) is 9.88 Å². The third-order valence-electron chi connectivity index (χ3n) is 2.62. The highest BCUT2D eigenvalue weighted by molar-refractivity contribution is 5.45. The average Bonchev–Trinajstić information content (AvgIpc) is 2.36. The molecule has 0 saturated carbocycles. The molecule has 0 aliphatic carbocycles. The zero-order valence-corrected chi connectivity index (χ0v) is 10.2. The lowest BCUT2D eigenvalue weighted by Gasteiger charge is -2.18. The summed E-state index contributed by atoms with van der Waals surface area (Å²) in [5.74, 6) is -6.32. The third kappa shape index (κ3) is 3.32. The quantitative estimate of drug-likeness (QED) is 0.632. The molecule has 0 radical (unpaired) electrons. The number of anilines is 1. The van der Waals surface area contributed by atoms with Gasteiger partial charge in [-0.15, -0.1) is 0 Å². The molecule has 0 fully saturated rings. The molecule has 0 atom stereocenters. The van der Waals surface area contributed by atoms with Gasteiger partial charge in [-0.05, 0) is 13.1 Å². The minimum absolute atomic E-state index is 0.179. The van der Waals surface area contributed by atoms with Crippen molar-refractivity contribution in [3.8, 4) is 0 Å². The van der Waals surface area contributed by atoms with Crippen molar-refractivity contribution in [1.29, 1.82) is 0 Å². The average molecular weight is 265 g/mol. The number of hydrogen-bond donors (Lipinski definition) is 1. The van der Waals surface area contributed by atoms with Crippen molar-refractivity contribution in [2.75, 3.05) is 31.5 Å². The Balaban J connectivity index is 2.73. The Morgan fingerprint density at radius 2 is 1.50 bits per heavy atom. The fraction of sp³-hybridized carbons (Fsp3) is 0.545. The van der Waals surface area contributed by atoms with Gasteiger partial charge >= 0.3 is 0 Å². The number of rotatable bonds is 6. The number of likely N-dealkylation sites (N-methyl/N-ethyl adjacent to an activating group) is 1. The summed E-state index contributed by atoms with van der Waals surface area (Å²) < 4.78 is 52.0. The van der Waals surface area contributed by atoms with E-state index in [-0.39, 0.29) is 6.54 Å². The van der Waals surface area contributed by atoms with E-state index in [1.165, 1.54) is 0 Å². The first-order valence-electron chi connectivity index (χ1n) is 5.67. The van der Waals surface area contributed by atoms with Crippen molar-refractivity contribution in [2.45, 2.75) is 13.8 Å². The van der Waals surface area contributed by atoms with E-state index in [1.54, 1.807) is 0 Å². The largest absolute Gasteiger partial charge is 0.379 e. The third-order valence-corrected chi connectivity index (χ3v) is 2.62. The van der Waals surface area contributed by atoms with Crippen LogP contribution in [0, 0.1) is 23.5 Å². The molecule has 0 spiro atoms. The minimum Gasteiger partial charge on any atom is -0.379 e. The lowest BCUT2D eigenvalue weighted by molar-refractivity contribution is 0.315. The Labute approximate surface area is 103 Å². The van der Waals surface area contributed by atoms with E-state index < -0.39 is 29.2 Å². The van der Waals surface area contributed by atoms with Crippen molar-refractivity contribution in [3.63, 3.8) is 0 Å². The van der Waals surface area contributed by atoms with Crippen molar-refractivity contribution >= 4 is 5.69 Å². The number of hydrogen-bond acceptors (Lipinski definition) is 3.